The summed E-state index contributed by atoms with van der Waals surface area (Å²) in [4.78, 5) is 23.7. The van der Waals surface area contributed by atoms with E-state index >= 15 is 0 Å². The van der Waals surface area contributed by atoms with Gasteiger partial charge in [0.1, 0.15) is 5.69 Å². The summed E-state index contributed by atoms with van der Waals surface area (Å²) in [6.07, 6.45) is 0. The topological polar surface area (TPSA) is 64.0 Å². The smallest absolute Gasteiger partial charge is 0.276 e. The quantitative estimate of drug-likeness (QED) is 0.940. The number of amides is 1. The Balaban J connectivity index is 2.26. The average molecular weight is 326 g/mol. The second-order valence-corrected chi connectivity index (χ2v) is 5.49. The molecule has 0 aliphatic rings. The van der Waals surface area contributed by atoms with E-state index in [0.29, 0.717) is 15.7 Å². The van der Waals surface area contributed by atoms with Crippen LogP contribution in [0.2, 0.25) is 10.0 Å². The second-order valence-electron chi connectivity index (χ2n) is 4.68. The van der Waals surface area contributed by atoms with E-state index in [9.17, 15) is 9.59 Å². The first-order valence-corrected chi connectivity index (χ1v) is 7.00. The molecule has 1 aromatic heterocycles. The van der Waals surface area contributed by atoms with Gasteiger partial charge in [0, 0.05) is 11.8 Å². The Morgan fingerprint density at radius 3 is 2.52 bits per heavy atom. The van der Waals surface area contributed by atoms with E-state index in [1.54, 1.807) is 18.2 Å². The van der Waals surface area contributed by atoms with Crippen molar-refractivity contribution < 1.29 is 4.79 Å². The molecule has 0 aliphatic carbocycles. The molecule has 1 heterocycles. The Morgan fingerprint density at radius 1 is 1.19 bits per heavy atom. The van der Waals surface area contributed by atoms with Crippen molar-refractivity contribution in [1.82, 2.24) is 9.78 Å². The lowest BCUT2D eigenvalue weighted by atomic mass is 10.3. The van der Waals surface area contributed by atoms with Gasteiger partial charge in [0.25, 0.3) is 11.5 Å². The summed E-state index contributed by atoms with van der Waals surface area (Å²) in [6, 6.07) is 7.33. The molecule has 2 aromatic rings. The summed E-state index contributed by atoms with van der Waals surface area (Å²) in [6.45, 7) is 3.63. The zero-order valence-corrected chi connectivity index (χ0v) is 12.9. The third kappa shape index (κ3) is 3.62. The summed E-state index contributed by atoms with van der Waals surface area (Å²) in [5, 5.41) is 7.44. The predicted molar refractivity (Wildman–Crippen MR) is 83.3 cm³/mol. The third-order valence-electron chi connectivity index (χ3n) is 2.72. The van der Waals surface area contributed by atoms with Crippen molar-refractivity contribution >= 4 is 34.8 Å². The van der Waals surface area contributed by atoms with E-state index in [1.165, 1.54) is 16.8 Å². The van der Waals surface area contributed by atoms with Gasteiger partial charge in [0.15, 0.2) is 0 Å². The highest BCUT2D eigenvalue weighted by atomic mass is 35.5. The number of nitrogens with one attached hydrogen (secondary N) is 1. The van der Waals surface area contributed by atoms with Crippen LogP contribution >= 0.6 is 23.2 Å². The fraction of sp³-hybridized carbons (Fsp3) is 0.214. The Morgan fingerprint density at radius 2 is 1.90 bits per heavy atom. The molecular weight excluding hydrogens is 313 g/mol. The largest absolute Gasteiger partial charge is 0.321 e. The SMILES string of the molecule is CC(C)n1nc(C(=O)Nc2ccc(Cl)c(Cl)c2)ccc1=O. The van der Waals surface area contributed by atoms with Gasteiger partial charge in [-0.05, 0) is 38.1 Å². The molecule has 0 fully saturated rings. The van der Waals surface area contributed by atoms with Gasteiger partial charge in [-0.2, -0.15) is 5.10 Å². The van der Waals surface area contributed by atoms with Gasteiger partial charge in [0.05, 0.1) is 16.1 Å². The summed E-state index contributed by atoms with van der Waals surface area (Å²) in [7, 11) is 0. The highest BCUT2D eigenvalue weighted by molar-refractivity contribution is 6.42. The van der Waals surface area contributed by atoms with Crippen molar-refractivity contribution in [3.8, 4) is 0 Å². The number of hydrogen-bond donors (Lipinski definition) is 1. The molecule has 1 amide bonds. The molecule has 0 radical (unpaired) electrons. The molecule has 0 saturated carbocycles. The lowest BCUT2D eigenvalue weighted by Crippen LogP contribution is -2.27. The molecule has 0 saturated heterocycles. The van der Waals surface area contributed by atoms with Crippen LogP contribution in [0, 0.1) is 0 Å². The molecule has 0 bridgehead atoms. The molecule has 110 valence electrons. The molecule has 2 rings (SSSR count). The van der Waals surface area contributed by atoms with Crippen molar-refractivity contribution in [2.75, 3.05) is 5.32 Å². The van der Waals surface area contributed by atoms with Gasteiger partial charge in [-0.1, -0.05) is 23.2 Å². The lowest BCUT2D eigenvalue weighted by Gasteiger charge is -2.10. The van der Waals surface area contributed by atoms with Crippen LogP contribution in [0.1, 0.15) is 30.4 Å². The molecule has 21 heavy (non-hydrogen) atoms. The normalized spacial score (nSPS) is 10.7. The predicted octanol–water partition coefficient (Wildman–Crippen LogP) is 3.38. The minimum absolute atomic E-state index is 0.129. The van der Waals surface area contributed by atoms with E-state index in [0.717, 1.165) is 0 Å². The fourth-order valence-electron chi connectivity index (χ4n) is 1.69. The first-order valence-electron chi connectivity index (χ1n) is 6.25. The van der Waals surface area contributed by atoms with Crippen LogP contribution in [-0.2, 0) is 0 Å². The van der Waals surface area contributed by atoms with Crippen molar-refractivity contribution in [2.24, 2.45) is 0 Å². The maximum Gasteiger partial charge on any atom is 0.276 e. The average Bonchev–Trinajstić information content (AvgIpc) is 2.43. The summed E-state index contributed by atoms with van der Waals surface area (Å²) in [5.74, 6) is -0.428. The van der Waals surface area contributed by atoms with Gasteiger partial charge in [0.2, 0.25) is 0 Å². The monoisotopic (exact) mass is 325 g/mol. The van der Waals surface area contributed by atoms with E-state index in [1.807, 2.05) is 13.8 Å². The standard InChI is InChI=1S/C14H13Cl2N3O2/c1-8(2)19-13(20)6-5-12(18-19)14(21)17-9-3-4-10(15)11(16)7-9/h3-8H,1-2H3,(H,17,21). The number of rotatable bonds is 3. The maximum atomic E-state index is 12.1. The fourth-order valence-corrected chi connectivity index (χ4v) is 1.98. The van der Waals surface area contributed by atoms with Gasteiger partial charge in [-0.3, -0.25) is 9.59 Å². The molecule has 0 aliphatic heterocycles. The summed E-state index contributed by atoms with van der Waals surface area (Å²) in [5.41, 5.74) is 0.393. The van der Waals surface area contributed by atoms with E-state index in [4.69, 9.17) is 23.2 Å². The molecule has 1 aromatic carbocycles. The van der Waals surface area contributed by atoms with Gasteiger partial charge >= 0.3 is 0 Å². The minimum atomic E-state index is -0.428. The van der Waals surface area contributed by atoms with E-state index in [2.05, 4.69) is 10.4 Å². The van der Waals surface area contributed by atoms with Gasteiger partial charge < -0.3 is 5.32 Å². The number of anilines is 1. The molecule has 0 unspecified atom stereocenters. The van der Waals surface area contributed by atoms with Crippen LogP contribution in [0.5, 0.6) is 0 Å². The molecule has 1 N–H and O–H groups in total. The number of nitrogens with zero attached hydrogens (tertiary/aromatic N) is 2. The van der Waals surface area contributed by atoms with Crippen LogP contribution in [0.3, 0.4) is 0 Å². The third-order valence-corrected chi connectivity index (χ3v) is 3.46. The Bertz CT molecular complexity index is 741. The summed E-state index contributed by atoms with van der Waals surface area (Å²) >= 11 is 11.7. The van der Waals surface area contributed by atoms with E-state index in [-0.39, 0.29) is 17.3 Å². The highest BCUT2D eigenvalue weighted by Crippen LogP contribution is 2.25. The van der Waals surface area contributed by atoms with Crippen molar-refractivity contribution in [3.05, 3.63) is 56.4 Å². The van der Waals surface area contributed by atoms with Gasteiger partial charge in [-0.25, -0.2) is 4.68 Å². The Kier molecular flexibility index (Phi) is 4.65. The molecule has 5 nitrogen and oxygen atoms in total. The zero-order valence-electron chi connectivity index (χ0n) is 11.4. The molecular formula is C14H13Cl2N3O2. The van der Waals surface area contributed by atoms with Crippen LogP contribution < -0.4 is 10.9 Å². The Labute approximate surface area is 131 Å². The summed E-state index contributed by atoms with van der Waals surface area (Å²) < 4.78 is 1.25. The lowest BCUT2D eigenvalue weighted by molar-refractivity contribution is 0.101. The van der Waals surface area contributed by atoms with Crippen molar-refractivity contribution in [1.29, 1.82) is 0 Å². The van der Waals surface area contributed by atoms with Crippen LogP contribution in [0.4, 0.5) is 5.69 Å². The number of aromatic nitrogens is 2. The number of halogens is 2. The van der Waals surface area contributed by atoms with Gasteiger partial charge in [-0.15, -0.1) is 0 Å². The molecule has 0 spiro atoms. The maximum absolute atomic E-state index is 12.1. The highest BCUT2D eigenvalue weighted by Gasteiger charge is 2.12. The number of hydrogen-bond acceptors (Lipinski definition) is 3. The first-order chi connectivity index (χ1) is 9.88. The number of carbonyl (C=O) groups excluding carboxylic acids is 1. The Hall–Kier alpha value is -1.85. The first kappa shape index (κ1) is 15.5. The minimum Gasteiger partial charge on any atom is -0.321 e. The number of benzene rings is 1. The molecule has 0 atom stereocenters. The van der Waals surface area contributed by atoms with E-state index < -0.39 is 5.91 Å². The zero-order chi connectivity index (χ0) is 15.6. The van der Waals surface area contributed by atoms with Crippen LogP contribution in [0.25, 0.3) is 0 Å². The molecule has 7 heteroatoms. The van der Waals surface area contributed by atoms with Crippen molar-refractivity contribution in [3.63, 3.8) is 0 Å². The van der Waals surface area contributed by atoms with Crippen LogP contribution in [-0.4, -0.2) is 15.7 Å². The second kappa shape index (κ2) is 6.28. The number of carbonyl (C=O) groups is 1. The van der Waals surface area contributed by atoms with Crippen molar-refractivity contribution in [2.45, 2.75) is 19.9 Å². The van der Waals surface area contributed by atoms with Crippen LogP contribution in [0.15, 0.2) is 35.1 Å².